The minimum absolute atomic E-state index is 0.715. The number of hydrogen-bond donors (Lipinski definition) is 1. The first kappa shape index (κ1) is 11.6. The number of nitrogens with zero attached hydrogens (tertiary/aromatic N) is 3. The van der Waals surface area contributed by atoms with Gasteiger partial charge in [0.05, 0.1) is 0 Å². The average Bonchev–Trinajstić information content (AvgIpc) is 2.90. The van der Waals surface area contributed by atoms with Gasteiger partial charge in [0.15, 0.2) is 0 Å². The van der Waals surface area contributed by atoms with Crippen molar-refractivity contribution in [2.24, 2.45) is 5.92 Å². The lowest BCUT2D eigenvalue weighted by atomic mass is 10.0. The van der Waals surface area contributed by atoms with Crippen LogP contribution in [0.25, 0.3) is 0 Å². The molecule has 90 valence electrons. The molecular formula is C12H22N4. The first-order chi connectivity index (χ1) is 7.83. The molecule has 1 heterocycles. The Bertz CT molecular complexity index is 321. The molecule has 16 heavy (non-hydrogen) atoms. The van der Waals surface area contributed by atoms with Gasteiger partial charge in [-0.05, 0) is 38.6 Å². The highest BCUT2D eigenvalue weighted by Gasteiger charge is 2.24. The second kappa shape index (κ2) is 5.43. The maximum Gasteiger partial charge on any atom is 0.138 e. The molecule has 4 nitrogen and oxygen atoms in total. The second-order valence-corrected chi connectivity index (χ2v) is 4.77. The van der Waals surface area contributed by atoms with Crippen LogP contribution < -0.4 is 5.32 Å². The zero-order valence-electron chi connectivity index (χ0n) is 10.3. The van der Waals surface area contributed by atoms with Gasteiger partial charge in [0.2, 0.25) is 0 Å². The van der Waals surface area contributed by atoms with E-state index < -0.39 is 0 Å². The third-order valence-corrected chi connectivity index (χ3v) is 3.55. The summed E-state index contributed by atoms with van der Waals surface area (Å²) in [5.74, 6) is 1.96. The van der Waals surface area contributed by atoms with E-state index in [1.165, 1.54) is 25.1 Å². The molecule has 1 saturated carbocycles. The van der Waals surface area contributed by atoms with Crippen molar-refractivity contribution in [3.8, 4) is 0 Å². The van der Waals surface area contributed by atoms with Crippen LogP contribution in [0.1, 0.15) is 38.4 Å². The van der Waals surface area contributed by atoms with E-state index in [2.05, 4.69) is 34.1 Å². The molecule has 2 atom stereocenters. The molecule has 0 aromatic carbocycles. The van der Waals surface area contributed by atoms with Gasteiger partial charge in [-0.1, -0.05) is 6.92 Å². The molecule has 0 radical (unpaired) electrons. The SMILES string of the molecule is CCCn1ncnc1CC1CCC(NC)C1. The number of aryl methyl sites for hydroxylation is 1. The van der Waals surface area contributed by atoms with Crippen LogP contribution in [0.3, 0.4) is 0 Å². The lowest BCUT2D eigenvalue weighted by Crippen LogP contribution is -2.21. The summed E-state index contributed by atoms with van der Waals surface area (Å²) in [6.07, 6.45) is 7.83. The van der Waals surface area contributed by atoms with Crippen LogP contribution in [-0.2, 0) is 13.0 Å². The van der Waals surface area contributed by atoms with Gasteiger partial charge in [0, 0.05) is 19.0 Å². The summed E-state index contributed by atoms with van der Waals surface area (Å²) in [6, 6.07) is 0.715. The summed E-state index contributed by atoms with van der Waals surface area (Å²) in [5.41, 5.74) is 0. The van der Waals surface area contributed by atoms with Crippen LogP contribution in [0, 0.1) is 5.92 Å². The zero-order chi connectivity index (χ0) is 11.4. The van der Waals surface area contributed by atoms with Gasteiger partial charge in [-0.15, -0.1) is 0 Å². The van der Waals surface area contributed by atoms with Crippen LogP contribution in [-0.4, -0.2) is 27.9 Å². The number of aromatic nitrogens is 3. The number of nitrogens with one attached hydrogen (secondary N) is 1. The normalized spacial score (nSPS) is 25.1. The van der Waals surface area contributed by atoms with Crippen molar-refractivity contribution in [1.29, 1.82) is 0 Å². The maximum absolute atomic E-state index is 4.38. The molecule has 2 rings (SSSR count). The Labute approximate surface area is 97.5 Å². The third kappa shape index (κ3) is 2.61. The summed E-state index contributed by atoms with van der Waals surface area (Å²) in [4.78, 5) is 4.38. The van der Waals surface area contributed by atoms with Crippen LogP contribution >= 0.6 is 0 Å². The van der Waals surface area contributed by atoms with Crippen molar-refractivity contribution in [1.82, 2.24) is 20.1 Å². The van der Waals surface area contributed by atoms with E-state index in [1.54, 1.807) is 6.33 Å². The molecule has 1 fully saturated rings. The molecular weight excluding hydrogens is 200 g/mol. The Morgan fingerprint density at radius 1 is 1.50 bits per heavy atom. The molecule has 0 amide bonds. The average molecular weight is 222 g/mol. The molecule has 1 aromatic rings. The van der Waals surface area contributed by atoms with Gasteiger partial charge in [0.25, 0.3) is 0 Å². The van der Waals surface area contributed by atoms with Gasteiger partial charge in [-0.2, -0.15) is 5.10 Å². The molecule has 0 saturated heterocycles. The van der Waals surface area contributed by atoms with Crippen molar-refractivity contribution < 1.29 is 0 Å². The number of hydrogen-bond acceptors (Lipinski definition) is 3. The van der Waals surface area contributed by atoms with Crippen LogP contribution in [0.5, 0.6) is 0 Å². The lowest BCUT2D eigenvalue weighted by molar-refractivity contribution is 0.473. The molecule has 0 spiro atoms. The quantitative estimate of drug-likeness (QED) is 0.823. The Hall–Kier alpha value is -0.900. The summed E-state index contributed by atoms with van der Waals surface area (Å²) < 4.78 is 2.06. The van der Waals surface area contributed by atoms with Crippen molar-refractivity contribution in [3.05, 3.63) is 12.2 Å². The predicted molar refractivity (Wildman–Crippen MR) is 64.2 cm³/mol. The molecule has 1 N–H and O–H groups in total. The third-order valence-electron chi connectivity index (χ3n) is 3.55. The summed E-state index contributed by atoms with van der Waals surface area (Å²) in [6.45, 7) is 3.18. The van der Waals surface area contributed by atoms with E-state index in [0.717, 1.165) is 25.3 Å². The van der Waals surface area contributed by atoms with E-state index in [4.69, 9.17) is 0 Å². The van der Waals surface area contributed by atoms with Crippen LogP contribution in [0.2, 0.25) is 0 Å². The van der Waals surface area contributed by atoms with E-state index in [0.29, 0.717) is 6.04 Å². The Morgan fingerprint density at radius 2 is 2.38 bits per heavy atom. The van der Waals surface area contributed by atoms with Crippen molar-refractivity contribution >= 4 is 0 Å². The molecule has 1 aliphatic rings. The van der Waals surface area contributed by atoms with Gasteiger partial charge in [-0.25, -0.2) is 4.98 Å². The van der Waals surface area contributed by atoms with E-state index in [-0.39, 0.29) is 0 Å². The largest absolute Gasteiger partial charge is 0.317 e. The van der Waals surface area contributed by atoms with E-state index >= 15 is 0 Å². The molecule has 1 aliphatic carbocycles. The van der Waals surface area contributed by atoms with Crippen molar-refractivity contribution in [3.63, 3.8) is 0 Å². The topological polar surface area (TPSA) is 42.7 Å². The minimum Gasteiger partial charge on any atom is -0.317 e. The monoisotopic (exact) mass is 222 g/mol. The van der Waals surface area contributed by atoms with Crippen LogP contribution in [0.15, 0.2) is 6.33 Å². The second-order valence-electron chi connectivity index (χ2n) is 4.77. The fraction of sp³-hybridized carbons (Fsp3) is 0.833. The van der Waals surface area contributed by atoms with Crippen LogP contribution in [0.4, 0.5) is 0 Å². The smallest absolute Gasteiger partial charge is 0.138 e. The highest BCUT2D eigenvalue weighted by Crippen LogP contribution is 2.27. The Kier molecular flexibility index (Phi) is 3.93. The highest BCUT2D eigenvalue weighted by atomic mass is 15.3. The van der Waals surface area contributed by atoms with E-state index in [9.17, 15) is 0 Å². The molecule has 0 aliphatic heterocycles. The number of rotatable bonds is 5. The van der Waals surface area contributed by atoms with Crippen molar-refractivity contribution in [2.75, 3.05) is 7.05 Å². The van der Waals surface area contributed by atoms with Gasteiger partial charge < -0.3 is 5.32 Å². The standard InChI is InChI=1S/C12H22N4/c1-3-6-16-12(14-9-15-16)8-10-4-5-11(7-10)13-2/h9-11,13H,3-8H2,1-2H3. The highest BCUT2D eigenvalue weighted by molar-refractivity contribution is 4.91. The maximum atomic E-state index is 4.38. The minimum atomic E-state index is 0.715. The zero-order valence-corrected chi connectivity index (χ0v) is 10.3. The molecule has 0 bridgehead atoms. The van der Waals surface area contributed by atoms with Gasteiger partial charge in [-0.3, -0.25) is 4.68 Å². The fourth-order valence-corrected chi connectivity index (χ4v) is 2.63. The van der Waals surface area contributed by atoms with Gasteiger partial charge in [0.1, 0.15) is 12.2 Å². The first-order valence-electron chi connectivity index (χ1n) is 6.37. The predicted octanol–water partition coefficient (Wildman–Crippen LogP) is 1.62. The lowest BCUT2D eigenvalue weighted by Gasteiger charge is -2.11. The molecule has 2 unspecified atom stereocenters. The molecule has 4 heteroatoms. The summed E-state index contributed by atoms with van der Waals surface area (Å²) in [7, 11) is 2.06. The first-order valence-corrected chi connectivity index (χ1v) is 6.37. The van der Waals surface area contributed by atoms with Gasteiger partial charge >= 0.3 is 0 Å². The fourth-order valence-electron chi connectivity index (χ4n) is 2.63. The summed E-state index contributed by atoms with van der Waals surface area (Å²) in [5, 5.41) is 7.65. The summed E-state index contributed by atoms with van der Waals surface area (Å²) >= 11 is 0. The van der Waals surface area contributed by atoms with Crippen molar-refractivity contribution in [2.45, 2.75) is 51.6 Å². The Balaban J connectivity index is 1.91. The van der Waals surface area contributed by atoms with E-state index in [1.807, 2.05) is 0 Å². The Morgan fingerprint density at radius 3 is 3.06 bits per heavy atom. The molecule has 1 aromatic heterocycles.